The fourth-order valence-electron chi connectivity index (χ4n) is 4.42. The third kappa shape index (κ3) is 5.69. The molecular weight excluding hydrogens is 440 g/mol. The summed E-state index contributed by atoms with van der Waals surface area (Å²) in [4.78, 5) is 38.5. The van der Waals surface area contributed by atoms with Gasteiger partial charge in [0.25, 0.3) is 0 Å². The number of para-hydroxylation sites is 1. The summed E-state index contributed by atoms with van der Waals surface area (Å²) in [5.41, 5.74) is 11.2. The second kappa shape index (κ2) is 10.9. The minimum atomic E-state index is -0.564. The Bertz CT molecular complexity index is 1220. The number of anilines is 1. The summed E-state index contributed by atoms with van der Waals surface area (Å²) in [5.74, 6) is -0.216. The highest BCUT2D eigenvalue weighted by molar-refractivity contribution is 6.00. The van der Waals surface area contributed by atoms with Gasteiger partial charge in [0.05, 0.1) is 6.54 Å². The van der Waals surface area contributed by atoms with E-state index < -0.39 is 12.1 Å². The number of benzene rings is 3. The number of rotatable bonds is 7. The summed E-state index contributed by atoms with van der Waals surface area (Å²) >= 11 is 0. The minimum absolute atomic E-state index is 0.0938. The number of nitrogens with two attached hydrogens (primary N) is 1. The summed E-state index contributed by atoms with van der Waals surface area (Å²) in [5, 5.41) is 5.54. The van der Waals surface area contributed by atoms with E-state index in [9.17, 15) is 14.4 Å². The molecule has 0 bridgehead atoms. The molecule has 0 fully saturated rings. The van der Waals surface area contributed by atoms with Crippen LogP contribution in [-0.4, -0.2) is 23.9 Å². The maximum absolute atomic E-state index is 13.5. The molecule has 1 atom stereocenters. The maximum atomic E-state index is 13.5. The summed E-state index contributed by atoms with van der Waals surface area (Å²) in [7, 11) is 0. The normalized spacial score (nSPS) is 15.2. The molecule has 4 N–H and O–H groups in total. The van der Waals surface area contributed by atoms with Gasteiger partial charge in [-0.2, -0.15) is 0 Å². The van der Waals surface area contributed by atoms with Gasteiger partial charge in [0.15, 0.2) is 0 Å². The number of nitrogens with one attached hydrogen (secondary N) is 2. The molecule has 1 aliphatic heterocycles. The van der Waals surface area contributed by atoms with Gasteiger partial charge < -0.3 is 21.3 Å². The third-order valence-corrected chi connectivity index (χ3v) is 6.28. The molecule has 1 aliphatic rings. The van der Waals surface area contributed by atoms with Crippen molar-refractivity contribution in [1.82, 2.24) is 10.6 Å². The molecule has 3 aromatic carbocycles. The molecule has 7 nitrogen and oxygen atoms in total. The van der Waals surface area contributed by atoms with Crippen molar-refractivity contribution in [3.63, 3.8) is 0 Å². The largest absolute Gasteiger partial charge is 0.352 e. The van der Waals surface area contributed by atoms with E-state index >= 15 is 0 Å². The molecular formula is C28H30N4O3. The van der Waals surface area contributed by atoms with Gasteiger partial charge in [-0.05, 0) is 46.7 Å². The molecule has 3 aromatic rings. The summed E-state index contributed by atoms with van der Waals surface area (Å²) in [6.07, 6.45) is 1.64. The van der Waals surface area contributed by atoms with Gasteiger partial charge in [-0.3, -0.25) is 9.59 Å². The highest BCUT2D eigenvalue weighted by Crippen LogP contribution is 2.30. The SMILES string of the molecule is CCC(=O)N[C@@H]1CCc2ccccc2N(Cc2ccc(-c3ccccc3CNC(N)=O)cc2)C1=O. The molecule has 7 heteroatoms. The van der Waals surface area contributed by atoms with Gasteiger partial charge in [-0.15, -0.1) is 0 Å². The standard InChI is InChI=1S/C28H30N4O3/c1-2-26(33)31-24-16-15-21-7-4-6-10-25(21)32(27(24)34)18-19-11-13-20(14-12-19)23-9-5-3-8-22(23)17-30-28(29)35/h3-14,24H,2,15-18H2,1H3,(H,31,33)(H3,29,30,35)/t24-/m1/s1. The van der Waals surface area contributed by atoms with Crippen molar-refractivity contribution in [3.05, 3.63) is 89.5 Å². The van der Waals surface area contributed by atoms with Gasteiger partial charge in [-0.25, -0.2) is 4.79 Å². The third-order valence-electron chi connectivity index (χ3n) is 6.28. The van der Waals surface area contributed by atoms with Crippen LogP contribution in [0.25, 0.3) is 11.1 Å². The number of carbonyl (C=O) groups excluding carboxylic acids is 3. The van der Waals surface area contributed by atoms with Crippen molar-refractivity contribution >= 4 is 23.5 Å². The summed E-state index contributed by atoms with van der Waals surface area (Å²) in [6.45, 7) is 2.53. The number of aryl methyl sites for hydroxylation is 1. The predicted molar refractivity (Wildman–Crippen MR) is 136 cm³/mol. The zero-order valence-corrected chi connectivity index (χ0v) is 19.8. The van der Waals surface area contributed by atoms with Gasteiger partial charge in [0.2, 0.25) is 11.8 Å². The lowest BCUT2D eigenvalue weighted by molar-refractivity contribution is -0.127. The van der Waals surface area contributed by atoms with Crippen molar-refractivity contribution < 1.29 is 14.4 Å². The first kappa shape index (κ1) is 24.0. The average Bonchev–Trinajstić information content (AvgIpc) is 3.00. The second-order valence-corrected chi connectivity index (χ2v) is 8.64. The first-order valence-electron chi connectivity index (χ1n) is 11.9. The van der Waals surface area contributed by atoms with Crippen LogP contribution in [0.5, 0.6) is 0 Å². The van der Waals surface area contributed by atoms with Gasteiger partial charge in [0, 0.05) is 18.7 Å². The van der Waals surface area contributed by atoms with Crippen LogP contribution < -0.4 is 21.3 Å². The second-order valence-electron chi connectivity index (χ2n) is 8.64. The van der Waals surface area contributed by atoms with E-state index in [-0.39, 0.29) is 11.8 Å². The Balaban J connectivity index is 1.59. The van der Waals surface area contributed by atoms with Crippen molar-refractivity contribution in [1.29, 1.82) is 0 Å². The summed E-state index contributed by atoms with van der Waals surface area (Å²) in [6, 6.07) is 22.7. The van der Waals surface area contributed by atoms with Crippen LogP contribution >= 0.6 is 0 Å². The summed E-state index contributed by atoms with van der Waals surface area (Å²) < 4.78 is 0. The fourth-order valence-corrected chi connectivity index (χ4v) is 4.42. The smallest absolute Gasteiger partial charge is 0.312 e. The maximum Gasteiger partial charge on any atom is 0.312 e. The Kier molecular flexibility index (Phi) is 7.45. The number of fused-ring (bicyclic) bond motifs is 1. The van der Waals surface area contributed by atoms with Gasteiger partial charge >= 0.3 is 6.03 Å². The van der Waals surface area contributed by atoms with E-state index in [0.29, 0.717) is 25.9 Å². The van der Waals surface area contributed by atoms with Crippen LogP contribution in [0.3, 0.4) is 0 Å². The van der Waals surface area contributed by atoms with Crippen molar-refractivity contribution in [2.24, 2.45) is 5.73 Å². The van der Waals surface area contributed by atoms with Crippen LogP contribution in [-0.2, 0) is 29.1 Å². The number of primary amides is 1. The number of hydrogen-bond donors (Lipinski definition) is 3. The molecule has 4 rings (SSSR count). The minimum Gasteiger partial charge on any atom is -0.352 e. The number of carbonyl (C=O) groups is 3. The van der Waals surface area contributed by atoms with E-state index in [2.05, 4.69) is 10.6 Å². The number of nitrogens with zero attached hydrogens (tertiary/aromatic N) is 1. The molecule has 0 saturated heterocycles. The number of urea groups is 1. The lowest BCUT2D eigenvalue weighted by Gasteiger charge is -2.26. The molecule has 0 unspecified atom stereocenters. The van der Waals surface area contributed by atoms with Crippen LogP contribution in [0.1, 0.15) is 36.5 Å². The van der Waals surface area contributed by atoms with E-state index in [4.69, 9.17) is 5.73 Å². The highest BCUT2D eigenvalue weighted by atomic mass is 16.2. The van der Waals surface area contributed by atoms with Crippen molar-refractivity contribution in [3.8, 4) is 11.1 Å². The van der Waals surface area contributed by atoms with Crippen LogP contribution in [0.15, 0.2) is 72.8 Å². The first-order valence-corrected chi connectivity index (χ1v) is 11.9. The molecule has 0 saturated carbocycles. The van der Waals surface area contributed by atoms with E-state index in [1.165, 1.54) is 0 Å². The Morgan fingerprint density at radius 3 is 2.46 bits per heavy atom. The molecule has 0 aromatic heterocycles. The first-order chi connectivity index (χ1) is 17.0. The number of hydrogen-bond acceptors (Lipinski definition) is 3. The monoisotopic (exact) mass is 470 g/mol. The Labute approximate surface area is 205 Å². The van der Waals surface area contributed by atoms with E-state index in [1.54, 1.807) is 11.8 Å². The van der Waals surface area contributed by atoms with Gasteiger partial charge in [-0.1, -0.05) is 73.7 Å². The average molecular weight is 471 g/mol. The Morgan fingerprint density at radius 2 is 1.71 bits per heavy atom. The van der Waals surface area contributed by atoms with Crippen LogP contribution in [0, 0.1) is 0 Å². The zero-order chi connectivity index (χ0) is 24.8. The molecule has 0 aliphatic carbocycles. The van der Waals surface area contributed by atoms with Crippen LogP contribution in [0.2, 0.25) is 0 Å². The Hall–Kier alpha value is -4.13. The highest BCUT2D eigenvalue weighted by Gasteiger charge is 2.31. The number of amides is 4. The zero-order valence-electron chi connectivity index (χ0n) is 19.8. The van der Waals surface area contributed by atoms with Crippen LogP contribution in [0.4, 0.5) is 10.5 Å². The van der Waals surface area contributed by atoms with E-state index in [0.717, 1.165) is 39.9 Å². The molecule has 35 heavy (non-hydrogen) atoms. The lowest BCUT2D eigenvalue weighted by atomic mass is 9.98. The molecule has 180 valence electrons. The van der Waals surface area contributed by atoms with E-state index in [1.807, 2.05) is 72.8 Å². The van der Waals surface area contributed by atoms with Crippen molar-refractivity contribution in [2.75, 3.05) is 4.90 Å². The fraction of sp³-hybridized carbons (Fsp3) is 0.250. The topological polar surface area (TPSA) is 105 Å². The van der Waals surface area contributed by atoms with Crippen molar-refractivity contribution in [2.45, 2.75) is 45.3 Å². The molecule has 4 amide bonds. The molecule has 0 radical (unpaired) electrons. The van der Waals surface area contributed by atoms with Gasteiger partial charge in [0.1, 0.15) is 6.04 Å². The molecule has 1 heterocycles. The predicted octanol–water partition coefficient (Wildman–Crippen LogP) is 3.90. The lowest BCUT2D eigenvalue weighted by Crippen LogP contribution is -2.47. The quantitative estimate of drug-likeness (QED) is 0.488. The Morgan fingerprint density at radius 1 is 1.00 bits per heavy atom. The molecule has 0 spiro atoms.